The molecule has 6 nitrogen and oxygen atoms in total. The maximum atomic E-state index is 13.0. The third-order valence-corrected chi connectivity index (χ3v) is 4.18. The summed E-state index contributed by atoms with van der Waals surface area (Å²) in [4.78, 5) is 21.4. The molecule has 8 heteroatoms. The van der Waals surface area contributed by atoms with Gasteiger partial charge in [0.25, 0.3) is 0 Å². The summed E-state index contributed by atoms with van der Waals surface area (Å²) in [5.41, 5.74) is 1.55. The van der Waals surface area contributed by atoms with Crippen LogP contribution in [-0.2, 0) is 11.2 Å². The Hall–Kier alpha value is -2.61. The molecule has 0 saturated heterocycles. The summed E-state index contributed by atoms with van der Waals surface area (Å²) in [6.07, 6.45) is 0.605. The third-order valence-electron chi connectivity index (χ3n) is 3.30. The van der Waals surface area contributed by atoms with Gasteiger partial charge < -0.3 is 9.84 Å². The van der Waals surface area contributed by atoms with Crippen LogP contribution in [0, 0.1) is 19.7 Å². The number of hydrogen-bond donors (Lipinski definition) is 1. The molecule has 24 heavy (non-hydrogen) atoms. The number of hydrogen-bond acceptors (Lipinski definition) is 6. The molecule has 3 aromatic rings. The molecule has 3 rings (SSSR count). The van der Waals surface area contributed by atoms with Crippen LogP contribution >= 0.6 is 11.3 Å². The molecule has 1 aromatic carbocycles. The van der Waals surface area contributed by atoms with E-state index < -0.39 is 0 Å². The second-order valence-electron chi connectivity index (χ2n) is 5.21. The van der Waals surface area contributed by atoms with Gasteiger partial charge in [0.1, 0.15) is 5.82 Å². The number of amides is 1. The van der Waals surface area contributed by atoms with Crippen LogP contribution in [0.25, 0.3) is 11.3 Å². The van der Waals surface area contributed by atoms with Crippen LogP contribution in [0.2, 0.25) is 0 Å². The summed E-state index contributed by atoms with van der Waals surface area (Å²) in [7, 11) is 0. The van der Waals surface area contributed by atoms with Crippen molar-refractivity contribution in [2.45, 2.75) is 26.7 Å². The number of halogens is 1. The molecule has 0 aliphatic heterocycles. The highest BCUT2D eigenvalue weighted by atomic mass is 32.1. The molecule has 124 valence electrons. The summed E-state index contributed by atoms with van der Waals surface area (Å²) >= 11 is 1.38. The Bertz CT molecular complexity index is 857. The number of aryl methyl sites for hydroxylation is 3. The zero-order valence-electron chi connectivity index (χ0n) is 13.2. The minimum atomic E-state index is -0.295. The maximum Gasteiger partial charge on any atom is 0.227 e. The summed E-state index contributed by atoms with van der Waals surface area (Å²) in [6.45, 7) is 3.63. The molecule has 1 N–H and O–H groups in total. The van der Waals surface area contributed by atoms with Gasteiger partial charge in [0, 0.05) is 23.3 Å². The van der Waals surface area contributed by atoms with Crippen LogP contribution in [0.1, 0.15) is 23.0 Å². The van der Waals surface area contributed by atoms with Crippen molar-refractivity contribution in [3.63, 3.8) is 0 Å². The molecule has 1 amide bonds. The Morgan fingerprint density at radius 3 is 2.67 bits per heavy atom. The normalized spacial score (nSPS) is 10.8. The number of aromatic nitrogens is 3. The molecule has 0 spiro atoms. The number of carbonyl (C=O) groups is 1. The monoisotopic (exact) mass is 346 g/mol. The molecule has 0 aliphatic carbocycles. The molecule has 0 atom stereocenters. The highest BCUT2D eigenvalue weighted by Crippen LogP contribution is 2.30. The van der Waals surface area contributed by atoms with E-state index >= 15 is 0 Å². The van der Waals surface area contributed by atoms with E-state index in [2.05, 4.69) is 20.4 Å². The van der Waals surface area contributed by atoms with Crippen LogP contribution < -0.4 is 5.32 Å². The van der Waals surface area contributed by atoms with Crippen LogP contribution in [-0.4, -0.2) is 21.0 Å². The molecular weight excluding hydrogens is 331 g/mol. The van der Waals surface area contributed by atoms with Crippen LogP contribution in [0.3, 0.4) is 0 Å². The van der Waals surface area contributed by atoms with Crippen molar-refractivity contribution in [1.29, 1.82) is 0 Å². The number of anilines is 1. The predicted octanol–water partition coefficient (Wildman–Crippen LogP) is 3.52. The molecule has 0 aliphatic rings. The van der Waals surface area contributed by atoms with Crippen molar-refractivity contribution in [3.8, 4) is 11.3 Å². The van der Waals surface area contributed by atoms with E-state index in [0.29, 0.717) is 23.3 Å². The van der Waals surface area contributed by atoms with Gasteiger partial charge in [0.15, 0.2) is 11.0 Å². The summed E-state index contributed by atoms with van der Waals surface area (Å²) in [6, 6.07) is 6.11. The molecule has 0 saturated carbocycles. The Balaban J connectivity index is 1.64. The lowest BCUT2D eigenvalue weighted by Crippen LogP contribution is -2.12. The Kier molecular flexibility index (Phi) is 4.66. The fraction of sp³-hybridized carbons (Fsp3) is 0.250. The van der Waals surface area contributed by atoms with Crippen LogP contribution in [0.5, 0.6) is 0 Å². The van der Waals surface area contributed by atoms with Crippen molar-refractivity contribution in [1.82, 2.24) is 15.1 Å². The van der Waals surface area contributed by atoms with Gasteiger partial charge in [-0.1, -0.05) is 5.16 Å². The number of carbonyl (C=O) groups excluding carboxylic acids is 1. The number of rotatable bonds is 5. The maximum absolute atomic E-state index is 13.0. The van der Waals surface area contributed by atoms with Gasteiger partial charge >= 0.3 is 0 Å². The Morgan fingerprint density at radius 2 is 2.00 bits per heavy atom. The quantitative estimate of drug-likeness (QED) is 0.764. The van der Waals surface area contributed by atoms with Gasteiger partial charge in [0.05, 0.1) is 5.69 Å². The summed E-state index contributed by atoms with van der Waals surface area (Å²) < 4.78 is 18.0. The van der Waals surface area contributed by atoms with Gasteiger partial charge in [-0.2, -0.15) is 4.98 Å². The average molecular weight is 346 g/mol. The number of nitrogens with zero attached hydrogens (tertiary/aromatic N) is 3. The zero-order valence-corrected chi connectivity index (χ0v) is 14.0. The lowest BCUT2D eigenvalue weighted by molar-refractivity contribution is -0.116. The predicted molar refractivity (Wildman–Crippen MR) is 88.2 cm³/mol. The minimum absolute atomic E-state index is 0.176. The molecule has 2 aromatic heterocycles. The number of benzene rings is 1. The second-order valence-corrected chi connectivity index (χ2v) is 6.42. The van der Waals surface area contributed by atoms with Crippen molar-refractivity contribution in [2.24, 2.45) is 0 Å². The van der Waals surface area contributed by atoms with E-state index in [1.807, 2.05) is 6.92 Å². The smallest absolute Gasteiger partial charge is 0.227 e. The van der Waals surface area contributed by atoms with E-state index in [1.54, 1.807) is 19.1 Å². The first kappa shape index (κ1) is 16.3. The molecule has 0 fully saturated rings. The van der Waals surface area contributed by atoms with E-state index in [4.69, 9.17) is 4.52 Å². The second kappa shape index (κ2) is 6.88. The van der Waals surface area contributed by atoms with E-state index in [0.717, 1.165) is 16.1 Å². The molecule has 0 radical (unpaired) electrons. The topological polar surface area (TPSA) is 80.9 Å². The van der Waals surface area contributed by atoms with E-state index in [1.165, 1.54) is 23.5 Å². The fourth-order valence-electron chi connectivity index (χ4n) is 2.17. The van der Waals surface area contributed by atoms with Crippen molar-refractivity contribution in [2.75, 3.05) is 5.32 Å². The van der Waals surface area contributed by atoms with Gasteiger partial charge in [-0.3, -0.25) is 4.79 Å². The van der Waals surface area contributed by atoms with E-state index in [9.17, 15) is 9.18 Å². The lowest BCUT2D eigenvalue weighted by atomic mass is 10.1. The van der Waals surface area contributed by atoms with Gasteiger partial charge in [-0.15, -0.1) is 11.3 Å². The van der Waals surface area contributed by atoms with E-state index in [-0.39, 0.29) is 18.1 Å². The summed E-state index contributed by atoms with van der Waals surface area (Å²) in [5, 5.41) is 6.96. The van der Waals surface area contributed by atoms with Crippen LogP contribution in [0.15, 0.2) is 28.8 Å². The first-order valence-corrected chi connectivity index (χ1v) is 8.15. The van der Waals surface area contributed by atoms with Crippen molar-refractivity contribution < 1.29 is 13.7 Å². The van der Waals surface area contributed by atoms with Gasteiger partial charge in [-0.05, 0) is 38.1 Å². The minimum Gasteiger partial charge on any atom is -0.339 e. The van der Waals surface area contributed by atoms with Crippen LogP contribution in [0.4, 0.5) is 9.52 Å². The highest BCUT2D eigenvalue weighted by molar-refractivity contribution is 7.16. The fourth-order valence-corrected chi connectivity index (χ4v) is 3.02. The Labute approximate surface area is 141 Å². The van der Waals surface area contributed by atoms with Gasteiger partial charge in [-0.25, -0.2) is 9.37 Å². The third kappa shape index (κ3) is 3.83. The van der Waals surface area contributed by atoms with Gasteiger partial charge in [0.2, 0.25) is 11.8 Å². The molecule has 0 bridgehead atoms. The zero-order chi connectivity index (χ0) is 17.1. The standard InChI is InChI=1S/C16H15FN4O2S/c1-9-15(11-3-5-12(17)6-4-11)20-16(24-9)19-13(22)7-8-14-18-10(2)21-23-14/h3-6H,7-8H2,1-2H3,(H,19,20,22). The first-order chi connectivity index (χ1) is 11.5. The molecule has 2 heterocycles. The lowest BCUT2D eigenvalue weighted by Gasteiger charge is -1.99. The Morgan fingerprint density at radius 1 is 1.25 bits per heavy atom. The molecular formula is C16H15FN4O2S. The largest absolute Gasteiger partial charge is 0.339 e. The number of thiazole rings is 1. The summed E-state index contributed by atoms with van der Waals surface area (Å²) in [5.74, 6) is 0.511. The molecule has 0 unspecified atom stereocenters. The number of nitrogens with one attached hydrogen (secondary N) is 1. The average Bonchev–Trinajstić information content (AvgIpc) is 3.12. The first-order valence-electron chi connectivity index (χ1n) is 7.33. The highest BCUT2D eigenvalue weighted by Gasteiger charge is 2.13. The SMILES string of the molecule is Cc1noc(CCC(=O)Nc2nc(-c3ccc(F)cc3)c(C)s2)n1. The van der Waals surface area contributed by atoms with Crippen molar-refractivity contribution in [3.05, 3.63) is 46.7 Å². The van der Waals surface area contributed by atoms with Crippen molar-refractivity contribution >= 4 is 22.4 Å².